The summed E-state index contributed by atoms with van der Waals surface area (Å²) in [4.78, 5) is 24.0. The zero-order valence-corrected chi connectivity index (χ0v) is 15.3. The van der Waals surface area contributed by atoms with Crippen LogP contribution < -0.4 is 19.5 Å². The lowest BCUT2D eigenvalue weighted by molar-refractivity contribution is 0.0696. The van der Waals surface area contributed by atoms with Crippen LogP contribution >= 0.6 is 0 Å². The van der Waals surface area contributed by atoms with E-state index in [-0.39, 0.29) is 22.7 Å². The Labute approximate surface area is 151 Å². The molecule has 0 aliphatic heterocycles. The molecule has 1 amide bonds. The molecule has 26 heavy (non-hydrogen) atoms. The first-order chi connectivity index (χ1) is 12.3. The molecule has 0 bridgehead atoms. The lowest BCUT2D eigenvalue weighted by Gasteiger charge is -2.16. The monoisotopic (exact) mass is 359 g/mol. The summed E-state index contributed by atoms with van der Waals surface area (Å²) in [5, 5.41) is 11.9. The van der Waals surface area contributed by atoms with Crippen molar-refractivity contribution in [1.82, 2.24) is 0 Å². The van der Waals surface area contributed by atoms with Gasteiger partial charge in [-0.05, 0) is 49.2 Å². The maximum Gasteiger partial charge on any atom is 0.335 e. The predicted octanol–water partition coefficient (Wildman–Crippen LogP) is 3.28. The second-order valence-corrected chi connectivity index (χ2v) is 5.66. The van der Waals surface area contributed by atoms with Crippen LogP contribution in [-0.2, 0) is 0 Å². The number of carboxylic acid groups (broad SMARTS) is 1. The van der Waals surface area contributed by atoms with Gasteiger partial charge in [-0.15, -0.1) is 0 Å². The molecule has 0 radical (unpaired) electrons. The highest BCUT2D eigenvalue weighted by Gasteiger charge is 2.19. The molecule has 2 aromatic rings. The van der Waals surface area contributed by atoms with Crippen molar-refractivity contribution in [3.05, 3.63) is 46.5 Å². The summed E-state index contributed by atoms with van der Waals surface area (Å²) in [7, 11) is 4.38. The van der Waals surface area contributed by atoms with Gasteiger partial charge in [0.1, 0.15) is 5.75 Å². The van der Waals surface area contributed by atoms with Gasteiger partial charge in [0.05, 0.1) is 32.6 Å². The molecule has 138 valence electrons. The van der Waals surface area contributed by atoms with Gasteiger partial charge in [0.25, 0.3) is 5.91 Å². The van der Waals surface area contributed by atoms with Crippen molar-refractivity contribution in [1.29, 1.82) is 0 Å². The molecule has 2 rings (SSSR count). The van der Waals surface area contributed by atoms with Crippen LogP contribution in [0, 0.1) is 13.8 Å². The van der Waals surface area contributed by atoms with Gasteiger partial charge in [-0.25, -0.2) is 4.79 Å². The van der Waals surface area contributed by atoms with E-state index in [0.29, 0.717) is 11.3 Å². The van der Waals surface area contributed by atoms with E-state index in [0.717, 1.165) is 11.1 Å². The fraction of sp³-hybridized carbons (Fsp3) is 0.263. The number of carbonyl (C=O) groups excluding carboxylic acids is 1. The van der Waals surface area contributed by atoms with Crippen molar-refractivity contribution in [3.63, 3.8) is 0 Å². The van der Waals surface area contributed by atoms with Gasteiger partial charge in [-0.3, -0.25) is 4.79 Å². The summed E-state index contributed by atoms with van der Waals surface area (Å²) in [6.07, 6.45) is 0. The maximum atomic E-state index is 12.7. The third kappa shape index (κ3) is 3.72. The average Bonchev–Trinajstić information content (AvgIpc) is 2.60. The molecule has 0 fully saturated rings. The zero-order chi connectivity index (χ0) is 19.4. The Morgan fingerprint density at radius 2 is 1.42 bits per heavy atom. The average molecular weight is 359 g/mol. The number of anilines is 1. The number of aromatic carboxylic acids is 1. The molecule has 0 aliphatic rings. The summed E-state index contributed by atoms with van der Waals surface area (Å²) in [5.74, 6) is -0.370. The normalized spacial score (nSPS) is 10.2. The number of benzene rings is 2. The van der Waals surface area contributed by atoms with Crippen LogP contribution in [-0.4, -0.2) is 38.3 Å². The summed E-state index contributed by atoms with van der Waals surface area (Å²) in [6.45, 7) is 3.69. The molecule has 2 aromatic carbocycles. The summed E-state index contributed by atoms with van der Waals surface area (Å²) in [6, 6.07) is 6.06. The zero-order valence-electron chi connectivity index (χ0n) is 15.3. The van der Waals surface area contributed by atoms with Gasteiger partial charge in [0.2, 0.25) is 0 Å². The summed E-state index contributed by atoms with van der Waals surface area (Å²) in [5.41, 5.74) is 2.24. The van der Waals surface area contributed by atoms with Gasteiger partial charge in [0.15, 0.2) is 11.5 Å². The first-order valence-electron chi connectivity index (χ1n) is 7.78. The Balaban J connectivity index is 2.45. The molecule has 0 saturated heterocycles. The number of methoxy groups -OCH3 is 3. The van der Waals surface area contributed by atoms with E-state index >= 15 is 0 Å². The van der Waals surface area contributed by atoms with Gasteiger partial charge in [-0.1, -0.05) is 0 Å². The van der Waals surface area contributed by atoms with E-state index in [4.69, 9.17) is 14.2 Å². The van der Waals surface area contributed by atoms with Crippen LogP contribution in [0.25, 0.3) is 0 Å². The SMILES string of the molecule is COc1cc(C(=O)O)cc(NC(=O)c2cc(C)c(OC)c(C)c2)c1OC. The molecule has 2 N–H and O–H groups in total. The lowest BCUT2D eigenvalue weighted by Crippen LogP contribution is -2.14. The quantitative estimate of drug-likeness (QED) is 0.822. The van der Waals surface area contributed by atoms with Crippen LogP contribution in [0.4, 0.5) is 5.69 Å². The van der Waals surface area contributed by atoms with E-state index in [9.17, 15) is 14.7 Å². The number of hydrogen-bond donors (Lipinski definition) is 2. The van der Waals surface area contributed by atoms with E-state index in [2.05, 4.69) is 5.32 Å². The molecule has 0 atom stereocenters. The number of amides is 1. The number of carboxylic acids is 1. The minimum atomic E-state index is -1.14. The van der Waals surface area contributed by atoms with E-state index in [1.807, 2.05) is 13.8 Å². The molecule has 0 saturated carbocycles. The molecule has 0 aliphatic carbocycles. The highest BCUT2D eigenvalue weighted by molar-refractivity contribution is 6.06. The fourth-order valence-electron chi connectivity index (χ4n) is 2.78. The van der Waals surface area contributed by atoms with Gasteiger partial charge in [0, 0.05) is 5.56 Å². The van der Waals surface area contributed by atoms with Crippen molar-refractivity contribution >= 4 is 17.6 Å². The molecule has 7 nitrogen and oxygen atoms in total. The van der Waals surface area contributed by atoms with Crippen LogP contribution in [0.2, 0.25) is 0 Å². The highest BCUT2D eigenvalue weighted by Crippen LogP contribution is 2.37. The Morgan fingerprint density at radius 3 is 1.88 bits per heavy atom. The van der Waals surface area contributed by atoms with Gasteiger partial charge in [-0.2, -0.15) is 0 Å². The molecule has 0 spiro atoms. The highest BCUT2D eigenvalue weighted by atomic mass is 16.5. The van der Waals surface area contributed by atoms with Crippen LogP contribution in [0.5, 0.6) is 17.2 Å². The third-order valence-corrected chi connectivity index (χ3v) is 3.90. The summed E-state index contributed by atoms with van der Waals surface area (Å²) < 4.78 is 15.7. The molecule has 0 unspecified atom stereocenters. The van der Waals surface area contributed by atoms with Crippen LogP contribution in [0.1, 0.15) is 31.8 Å². The maximum absolute atomic E-state index is 12.7. The van der Waals surface area contributed by atoms with Crippen LogP contribution in [0.3, 0.4) is 0 Å². The predicted molar refractivity (Wildman–Crippen MR) is 96.9 cm³/mol. The first-order valence-corrected chi connectivity index (χ1v) is 7.78. The standard InChI is InChI=1S/C19H21NO6/c1-10-6-12(7-11(2)16(10)25-4)18(21)20-14-8-13(19(22)23)9-15(24-3)17(14)26-5/h6-9H,1-5H3,(H,20,21)(H,22,23). The fourth-order valence-corrected chi connectivity index (χ4v) is 2.78. The Bertz CT molecular complexity index is 836. The Morgan fingerprint density at radius 1 is 0.846 bits per heavy atom. The van der Waals surface area contributed by atoms with E-state index < -0.39 is 11.9 Å². The molecule has 0 heterocycles. The van der Waals surface area contributed by atoms with Crippen molar-refractivity contribution in [2.75, 3.05) is 26.6 Å². The Hall–Kier alpha value is -3.22. The van der Waals surface area contributed by atoms with Crippen molar-refractivity contribution < 1.29 is 28.9 Å². The van der Waals surface area contributed by atoms with Crippen LogP contribution in [0.15, 0.2) is 24.3 Å². The lowest BCUT2D eigenvalue weighted by atomic mass is 10.0. The number of ether oxygens (including phenoxy) is 3. The largest absolute Gasteiger partial charge is 0.496 e. The Kier molecular flexibility index (Phi) is 5.71. The molecule has 0 aromatic heterocycles. The van der Waals surface area contributed by atoms with Crippen molar-refractivity contribution in [3.8, 4) is 17.2 Å². The van der Waals surface area contributed by atoms with Gasteiger partial charge >= 0.3 is 5.97 Å². The first kappa shape index (κ1) is 19.1. The minimum Gasteiger partial charge on any atom is -0.496 e. The van der Waals surface area contributed by atoms with Crippen molar-refractivity contribution in [2.45, 2.75) is 13.8 Å². The third-order valence-electron chi connectivity index (χ3n) is 3.90. The van der Waals surface area contributed by atoms with E-state index in [1.54, 1.807) is 19.2 Å². The van der Waals surface area contributed by atoms with E-state index in [1.165, 1.54) is 26.4 Å². The number of hydrogen-bond acceptors (Lipinski definition) is 5. The number of aryl methyl sites for hydroxylation is 2. The smallest absolute Gasteiger partial charge is 0.335 e. The second-order valence-electron chi connectivity index (χ2n) is 5.66. The van der Waals surface area contributed by atoms with Gasteiger partial charge < -0.3 is 24.6 Å². The number of rotatable bonds is 6. The van der Waals surface area contributed by atoms with Crippen molar-refractivity contribution in [2.24, 2.45) is 0 Å². The number of nitrogens with one attached hydrogen (secondary N) is 1. The second kappa shape index (κ2) is 7.77. The summed E-state index contributed by atoms with van der Waals surface area (Å²) >= 11 is 0. The topological polar surface area (TPSA) is 94.1 Å². The number of carbonyl (C=O) groups is 2. The molecular formula is C19H21NO6. The molecule has 7 heteroatoms. The minimum absolute atomic E-state index is 0.0277. The molecular weight excluding hydrogens is 338 g/mol.